The van der Waals surface area contributed by atoms with Crippen LogP contribution in [0.2, 0.25) is 0 Å². The van der Waals surface area contributed by atoms with Crippen molar-refractivity contribution in [3.8, 4) is 16.8 Å². The van der Waals surface area contributed by atoms with Gasteiger partial charge in [0.25, 0.3) is 0 Å². The second-order valence-electron chi connectivity index (χ2n) is 6.53. The highest BCUT2D eigenvalue weighted by atomic mass is 16.2. The standard InChI is InChI=1S/C19H21N9O/c1-3-26-11-16(23-25-26)22-17(29)12-27-10-14(9-21-27)18-13(2)24-28(19(18)20)15-7-5-4-6-8-15/h4-11H,3,12,20H2,1-2H3,(H,22,29). The summed E-state index contributed by atoms with van der Waals surface area (Å²) in [7, 11) is 0. The number of rotatable bonds is 6. The van der Waals surface area contributed by atoms with Crippen LogP contribution < -0.4 is 11.1 Å². The number of carbonyl (C=O) groups is 1. The summed E-state index contributed by atoms with van der Waals surface area (Å²) in [5.74, 6) is 0.690. The fraction of sp³-hybridized carbons (Fsp3) is 0.211. The third-order valence-corrected chi connectivity index (χ3v) is 4.45. The maximum absolute atomic E-state index is 12.3. The van der Waals surface area contributed by atoms with Crippen LogP contribution in [-0.4, -0.2) is 40.5 Å². The molecule has 10 nitrogen and oxygen atoms in total. The minimum absolute atomic E-state index is 0.0464. The molecule has 1 amide bonds. The van der Waals surface area contributed by atoms with Gasteiger partial charge in [0.1, 0.15) is 12.4 Å². The van der Waals surface area contributed by atoms with Crippen molar-refractivity contribution in [2.75, 3.05) is 11.1 Å². The fourth-order valence-electron chi connectivity index (χ4n) is 3.09. The molecular formula is C19H21N9O. The van der Waals surface area contributed by atoms with E-state index in [0.717, 1.165) is 22.5 Å². The van der Waals surface area contributed by atoms with Gasteiger partial charge in [-0.1, -0.05) is 23.4 Å². The molecule has 0 saturated heterocycles. The fourth-order valence-corrected chi connectivity index (χ4v) is 3.09. The van der Waals surface area contributed by atoms with E-state index in [1.807, 2.05) is 44.2 Å². The number of benzene rings is 1. The number of nitrogen functional groups attached to an aromatic ring is 1. The second-order valence-corrected chi connectivity index (χ2v) is 6.53. The van der Waals surface area contributed by atoms with Crippen molar-refractivity contribution in [2.45, 2.75) is 26.9 Å². The lowest BCUT2D eigenvalue weighted by molar-refractivity contribution is -0.116. The summed E-state index contributed by atoms with van der Waals surface area (Å²) in [6, 6.07) is 9.68. The van der Waals surface area contributed by atoms with Gasteiger partial charge in [-0.05, 0) is 26.0 Å². The molecule has 3 heterocycles. The van der Waals surface area contributed by atoms with Gasteiger partial charge in [0.05, 0.1) is 29.3 Å². The SMILES string of the molecule is CCn1cc(NC(=O)Cn2cc(-c3c(C)nn(-c4ccccc4)c3N)cn2)nn1. The third kappa shape index (κ3) is 3.72. The van der Waals surface area contributed by atoms with E-state index >= 15 is 0 Å². The summed E-state index contributed by atoms with van der Waals surface area (Å²) >= 11 is 0. The molecule has 3 aromatic heterocycles. The number of carbonyl (C=O) groups excluding carboxylic acids is 1. The molecule has 0 saturated carbocycles. The van der Waals surface area contributed by atoms with Crippen LogP contribution in [0, 0.1) is 6.92 Å². The molecule has 4 aromatic rings. The predicted octanol–water partition coefficient (Wildman–Crippen LogP) is 1.88. The third-order valence-electron chi connectivity index (χ3n) is 4.45. The Morgan fingerprint density at radius 3 is 2.69 bits per heavy atom. The summed E-state index contributed by atoms with van der Waals surface area (Å²) in [5.41, 5.74) is 9.62. The van der Waals surface area contributed by atoms with E-state index in [9.17, 15) is 4.79 Å². The highest BCUT2D eigenvalue weighted by molar-refractivity contribution is 5.89. The molecule has 4 rings (SSSR count). The van der Waals surface area contributed by atoms with E-state index in [1.165, 1.54) is 0 Å². The van der Waals surface area contributed by atoms with Crippen LogP contribution in [-0.2, 0) is 17.9 Å². The van der Waals surface area contributed by atoms with Crippen molar-refractivity contribution in [3.63, 3.8) is 0 Å². The van der Waals surface area contributed by atoms with Crippen LogP contribution in [0.1, 0.15) is 12.6 Å². The largest absolute Gasteiger partial charge is 0.383 e. The molecule has 29 heavy (non-hydrogen) atoms. The molecule has 0 bridgehead atoms. The molecule has 148 valence electrons. The molecule has 0 spiro atoms. The normalized spacial score (nSPS) is 11.0. The minimum atomic E-state index is -0.243. The van der Waals surface area contributed by atoms with Crippen LogP contribution in [0.4, 0.5) is 11.6 Å². The second kappa shape index (κ2) is 7.58. The number of amides is 1. The molecule has 0 atom stereocenters. The average Bonchev–Trinajstić information content (AvgIpc) is 3.42. The van der Waals surface area contributed by atoms with Gasteiger partial charge in [0.2, 0.25) is 5.91 Å². The molecule has 10 heteroatoms. The summed E-state index contributed by atoms with van der Waals surface area (Å²) in [5, 5.41) is 19.3. The lowest BCUT2D eigenvalue weighted by Crippen LogP contribution is -2.19. The maximum atomic E-state index is 12.3. The summed E-state index contributed by atoms with van der Waals surface area (Å²) in [6.07, 6.45) is 5.13. The number of anilines is 2. The first-order valence-electron chi connectivity index (χ1n) is 9.18. The molecular weight excluding hydrogens is 370 g/mol. The van der Waals surface area contributed by atoms with Crippen LogP contribution in [0.25, 0.3) is 16.8 Å². The number of aromatic nitrogens is 7. The van der Waals surface area contributed by atoms with Crippen LogP contribution in [0.5, 0.6) is 0 Å². The predicted molar refractivity (Wildman–Crippen MR) is 108 cm³/mol. The zero-order chi connectivity index (χ0) is 20.4. The lowest BCUT2D eigenvalue weighted by atomic mass is 10.1. The van der Waals surface area contributed by atoms with Crippen molar-refractivity contribution in [3.05, 3.63) is 54.6 Å². The van der Waals surface area contributed by atoms with Crippen molar-refractivity contribution in [2.24, 2.45) is 0 Å². The van der Waals surface area contributed by atoms with E-state index in [1.54, 1.807) is 32.6 Å². The molecule has 0 unspecified atom stereocenters. The smallest absolute Gasteiger partial charge is 0.247 e. The van der Waals surface area contributed by atoms with Gasteiger partial charge < -0.3 is 11.1 Å². The Balaban J connectivity index is 1.52. The van der Waals surface area contributed by atoms with Crippen molar-refractivity contribution >= 4 is 17.5 Å². The number of hydrogen-bond donors (Lipinski definition) is 2. The first-order chi connectivity index (χ1) is 14.0. The highest BCUT2D eigenvalue weighted by Gasteiger charge is 2.17. The van der Waals surface area contributed by atoms with Gasteiger partial charge in [-0.15, -0.1) is 5.10 Å². The Labute approximate surface area is 166 Å². The number of nitrogens with two attached hydrogens (primary N) is 1. The van der Waals surface area contributed by atoms with E-state index in [4.69, 9.17) is 5.73 Å². The van der Waals surface area contributed by atoms with Gasteiger partial charge in [-0.2, -0.15) is 10.2 Å². The number of para-hydroxylation sites is 1. The number of nitrogens with one attached hydrogen (secondary N) is 1. The minimum Gasteiger partial charge on any atom is -0.383 e. The van der Waals surface area contributed by atoms with Crippen LogP contribution >= 0.6 is 0 Å². The maximum Gasteiger partial charge on any atom is 0.247 e. The number of aryl methyl sites for hydroxylation is 2. The van der Waals surface area contributed by atoms with Gasteiger partial charge in [-0.3, -0.25) is 14.2 Å². The average molecular weight is 391 g/mol. The molecule has 0 aliphatic carbocycles. The van der Waals surface area contributed by atoms with Crippen LogP contribution in [0.15, 0.2) is 48.9 Å². The monoisotopic (exact) mass is 391 g/mol. The van der Waals surface area contributed by atoms with Crippen LogP contribution in [0.3, 0.4) is 0 Å². The molecule has 0 fully saturated rings. The quantitative estimate of drug-likeness (QED) is 0.517. The van der Waals surface area contributed by atoms with Crippen molar-refractivity contribution in [1.82, 2.24) is 34.6 Å². The molecule has 3 N–H and O–H groups in total. The number of hydrogen-bond acceptors (Lipinski definition) is 6. The lowest BCUT2D eigenvalue weighted by Gasteiger charge is -2.04. The Hall–Kier alpha value is -3.95. The van der Waals surface area contributed by atoms with Gasteiger partial charge in [0.15, 0.2) is 5.82 Å². The van der Waals surface area contributed by atoms with E-state index < -0.39 is 0 Å². The van der Waals surface area contributed by atoms with E-state index in [0.29, 0.717) is 18.2 Å². The highest BCUT2D eigenvalue weighted by Crippen LogP contribution is 2.30. The topological polar surface area (TPSA) is 121 Å². The molecule has 0 aliphatic heterocycles. The zero-order valence-corrected chi connectivity index (χ0v) is 16.1. The first kappa shape index (κ1) is 18.4. The Morgan fingerprint density at radius 1 is 1.17 bits per heavy atom. The van der Waals surface area contributed by atoms with E-state index in [2.05, 4.69) is 25.8 Å². The Bertz CT molecular complexity index is 1140. The Kier molecular flexibility index (Phi) is 4.82. The van der Waals surface area contributed by atoms with E-state index in [-0.39, 0.29) is 12.5 Å². The molecule has 0 aliphatic rings. The van der Waals surface area contributed by atoms with Gasteiger partial charge in [0, 0.05) is 18.3 Å². The van der Waals surface area contributed by atoms with Gasteiger partial charge in [-0.25, -0.2) is 4.68 Å². The van der Waals surface area contributed by atoms with Gasteiger partial charge >= 0.3 is 0 Å². The summed E-state index contributed by atoms with van der Waals surface area (Å²) < 4.78 is 4.89. The summed E-state index contributed by atoms with van der Waals surface area (Å²) in [6.45, 7) is 4.57. The Morgan fingerprint density at radius 2 is 1.97 bits per heavy atom. The molecule has 0 radical (unpaired) electrons. The first-order valence-corrected chi connectivity index (χ1v) is 9.18. The molecule has 1 aromatic carbocycles. The van der Waals surface area contributed by atoms with Crippen molar-refractivity contribution in [1.29, 1.82) is 0 Å². The number of nitrogens with zero attached hydrogens (tertiary/aromatic N) is 7. The van der Waals surface area contributed by atoms with Crippen molar-refractivity contribution < 1.29 is 4.79 Å². The zero-order valence-electron chi connectivity index (χ0n) is 16.1. The summed E-state index contributed by atoms with van der Waals surface area (Å²) in [4.78, 5) is 12.3.